The van der Waals surface area contributed by atoms with Gasteiger partial charge in [-0.15, -0.1) is 11.0 Å². The van der Waals surface area contributed by atoms with Crippen molar-refractivity contribution in [3.05, 3.63) is 41.4 Å². The van der Waals surface area contributed by atoms with Gasteiger partial charge in [-0.2, -0.15) is 13.5 Å². The van der Waals surface area contributed by atoms with Crippen molar-refractivity contribution in [1.29, 1.82) is 0 Å². The predicted octanol–water partition coefficient (Wildman–Crippen LogP) is 2.83. The molecule has 0 radical (unpaired) electrons. The van der Waals surface area contributed by atoms with Crippen LogP contribution in [-0.4, -0.2) is 24.5 Å². The van der Waals surface area contributed by atoms with Gasteiger partial charge >= 0.3 is 0 Å². The molecule has 0 N–H and O–H groups in total. The first kappa shape index (κ1) is 15.7. The standard InChI is InChI=1S/C14H15ClN2O3S/c1-9(2)8-13-10(3)16-17(14(13)18)21(19,20)12-6-4-11(15)5-7-12/h4-7,13H,1,8H2,2-3H3/t13-/m0/s1. The summed E-state index contributed by atoms with van der Waals surface area (Å²) in [5.41, 5.74) is 1.27. The molecule has 1 aromatic carbocycles. The van der Waals surface area contributed by atoms with Crippen LogP contribution in [0.25, 0.3) is 0 Å². The number of hydrogen-bond donors (Lipinski definition) is 0. The zero-order valence-electron chi connectivity index (χ0n) is 11.7. The highest BCUT2D eigenvalue weighted by Crippen LogP contribution is 2.28. The van der Waals surface area contributed by atoms with Crippen LogP contribution in [0.1, 0.15) is 20.3 Å². The molecule has 1 heterocycles. The Balaban J connectivity index is 2.36. The Morgan fingerprint density at radius 2 is 1.95 bits per heavy atom. The summed E-state index contributed by atoms with van der Waals surface area (Å²) >= 11 is 5.74. The average molecular weight is 327 g/mol. The van der Waals surface area contributed by atoms with Crippen molar-refractivity contribution in [3.8, 4) is 0 Å². The SMILES string of the molecule is C=C(C)C[C@@H]1C(=O)N(S(=O)(=O)c2ccc(Cl)cc2)N=C1C. The number of carbonyl (C=O) groups is 1. The third kappa shape index (κ3) is 3.01. The minimum absolute atomic E-state index is 0.0206. The molecule has 112 valence electrons. The van der Waals surface area contributed by atoms with E-state index in [-0.39, 0.29) is 4.90 Å². The van der Waals surface area contributed by atoms with E-state index in [4.69, 9.17) is 11.6 Å². The van der Waals surface area contributed by atoms with Crippen LogP contribution < -0.4 is 0 Å². The van der Waals surface area contributed by atoms with Gasteiger partial charge in [0.05, 0.1) is 10.8 Å². The van der Waals surface area contributed by atoms with Gasteiger partial charge in [-0.3, -0.25) is 4.79 Å². The summed E-state index contributed by atoms with van der Waals surface area (Å²) in [6.07, 6.45) is 0.390. The van der Waals surface area contributed by atoms with Gasteiger partial charge in [0.2, 0.25) is 0 Å². The molecule has 1 aliphatic rings. The van der Waals surface area contributed by atoms with Crippen molar-refractivity contribution in [2.24, 2.45) is 11.0 Å². The van der Waals surface area contributed by atoms with Gasteiger partial charge in [0, 0.05) is 10.7 Å². The van der Waals surface area contributed by atoms with Crippen LogP contribution in [0.3, 0.4) is 0 Å². The number of nitrogens with zero attached hydrogens (tertiary/aromatic N) is 2. The summed E-state index contributed by atoms with van der Waals surface area (Å²) in [4.78, 5) is 12.3. The molecule has 2 rings (SSSR count). The van der Waals surface area contributed by atoms with Crippen molar-refractivity contribution in [1.82, 2.24) is 4.41 Å². The van der Waals surface area contributed by atoms with Crippen LogP contribution in [-0.2, 0) is 14.8 Å². The molecule has 1 amide bonds. The lowest BCUT2D eigenvalue weighted by molar-refractivity contribution is -0.127. The lowest BCUT2D eigenvalue weighted by Gasteiger charge is -2.14. The molecule has 0 spiro atoms. The van der Waals surface area contributed by atoms with E-state index >= 15 is 0 Å². The summed E-state index contributed by atoms with van der Waals surface area (Å²) in [6.45, 7) is 7.18. The van der Waals surface area contributed by atoms with E-state index in [9.17, 15) is 13.2 Å². The zero-order valence-corrected chi connectivity index (χ0v) is 13.3. The van der Waals surface area contributed by atoms with Crippen molar-refractivity contribution >= 4 is 33.2 Å². The lowest BCUT2D eigenvalue weighted by atomic mass is 9.97. The molecule has 0 aliphatic carbocycles. The van der Waals surface area contributed by atoms with E-state index in [1.165, 1.54) is 24.3 Å². The number of rotatable bonds is 4. The largest absolute Gasteiger partial charge is 0.286 e. The molecular weight excluding hydrogens is 312 g/mol. The molecule has 7 heteroatoms. The second kappa shape index (κ2) is 5.61. The van der Waals surface area contributed by atoms with Crippen molar-refractivity contribution in [3.63, 3.8) is 0 Å². The summed E-state index contributed by atoms with van der Waals surface area (Å²) in [5.74, 6) is -1.12. The van der Waals surface area contributed by atoms with E-state index in [0.29, 0.717) is 21.6 Å². The molecule has 0 aromatic heterocycles. The fourth-order valence-electron chi connectivity index (χ4n) is 2.04. The van der Waals surface area contributed by atoms with E-state index in [1.807, 2.05) is 0 Å². The van der Waals surface area contributed by atoms with Gasteiger partial charge in [0.25, 0.3) is 15.9 Å². The number of amides is 1. The van der Waals surface area contributed by atoms with Crippen LogP contribution >= 0.6 is 11.6 Å². The number of halogens is 1. The fourth-order valence-corrected chi connectivity index (χ4v) is 3.44. The summed E-state index contributed by atoms with van der Waals surface area (Å²) in [5, 5.41) is 4.33. The molecule has 1 aliphatic heterocycles. The molecular formula is C14H15ClN2O3S. The second-order valence-corrected chi connectivity index (χ2v) is 7.20. The molecule has 5 nitrogen and oxygen atoms in total. The quantitative estimate of drug-likeness (QED) is 0.799. The van der Waals surface area contributed by atoms with Crippen molar-refractivity contribution in [2.45, 2.75) is 25.2 Å². The lowest BCUT2D eigenvalue weighted by Crippen LogP contribution is -2.32. The topological polar surface area (TPSA) is 66.8 Å². The molecule has 0 bridgehead atoms. The average Bonchev–Trinajstić information content (AvgIpc) is 2.67. The first-order chi connectivity index (χ1) is 9.73. The number of benzene rings is 1. The first-order valence-electron chi connectivity index (χ1n) is 6.27. The summed E-state index contributed by atoms with van der Waals surface area (Å²) < 4.78 is 25.5. The van der Waals surface area contributed by atoms with Crippen LogP contribution in [0, 0.1) is 5.92 Å². The van der Waals surface area contributed by atoms with E-state index in [0.717, 1.165) is 5.57 Å². The fraction of sp³-hybridized carbons (Fsp3) is 0.286. The van der Waals surface area contributed by atoms with Crippen LogP contribution in [0.5, 0.6) is 0 Å². The first-order valence-corrected chi connectivity index (χ1v) is 8.09. The highest BCUT2D eigenvalue weighted by molar-refractivity contribution is 7.89. The third-order valence-electron chi connectivity index (χ3n) is 3.13. The van der Waals surface area contributed by atoms with Gasteiger partial charge < -0.3 is 0 Å². The highest BCUT2D eigenvalue weighted by Gasteiger charge is 2.40. The van der Waals surface area contributed by atoms with E-state index < -0.39 is 21.8 Å². The molecule has 0 fully saturated rings. The maximum Gasteiger partial charge on any atom is 0.286 e. The van der Waals surface area contributed by atoms with Crippen LogP contribution in [0.4, 0.5) is 0 Å². The van der Waals surface area contributed by atoms with Gasteiger partial charge in [-0.1, -0.05) is 17.2 Å². The van der Waals surface area contributed by atoms with Crippen molar-refractivity contribution in [2.75, 3.05) is 0 Å². The number of hydrogen-bond acceptors (Lipinski definition) is 4. The maximum atomic E-state index is 12.5. The number of allylic oxidation sites excluding steroid dienone is 1. The Morgan fingerprint density at radius 1 is 1.38 bits per heavy atom. The predicted molar refractivity (Wildman–Crippen MR) is 81.5 cm³/mol. The Morgan fingerprint density at radius 3 is 2.48 bits per heavy atom. The second-order valence-electron chi connectivity index (χ2n) is 5.00. The molecule has 0 saturated carbocycles. The van der Waals surface area contributed by atoms with Gasteiger partial charge in [0.15, 0.2) is 0 Å². The van der Waals surface area contributed by atoms with Gasteiger partial charge in [0.1, 0.15) is 0 Å². The molecule has 0 unspecified atom stereocenters. The molecule has 0 saturated heterocycles. The molecule has 21 heavy (non-hydrogen) atoms. The normalized spacial score (nSPS) is 18.8. The number of sulfonamides is 1. The van der Waals surface area contributed by atoms with Crippen LogP contribution in [0.15, 0.2) is 46.4 Å². The number of carbonyl (C=O) groups excluding carboxylic acids is 1. The van der Waals surface area contributed by atoms with Gasteiger partial charge in [-0.05, 0) is 44.5 Å². The van der Waals surface area contributed by atoms with Crippen LogP contribution in [0.2, 0.25) is 5.02 Å². The van der Waals surface area contributed by atoms with E-state index in [2.05, 4.69) is 11.7 Å². The zero-order chi connectivity index (χ0) is 15.8. The summed E-state index contributed by atoms with van der Waals surface area (Å²) in [6, 6.07) is 5.61. The minimum atomic E-state index is -4.00. The Hall–Kier alpha value is -1.66. The third-order valence-corrected chi connectivity index (χ3v) is 4.97. The highest BCUT2D eigenvalue weighted by atomic mass is 35.5. The Labute approximate surface area is 129 Å². The Bertz CT molecular complexity index is 723. The smallest absolute Gasteiger partial charge is 0.271 e. The summed E-state index contributed by atoms with van der Waals surface area (Å²) in [7, 11) is -4.00. The van der Waals surface area contributed by atoms with Crippen molar-refractivity contribution < 1.29 is 13.2 Å². The molecule has 1 aromatic rings. The molecule has 1 atom stereocenters. The maximum absolute atomic E-state index is 12.5. The van der Waals surface area contributed by atoms with E-state index in [1.54, 1.807) is 13.8 Å². The monoisotopic (exact) mass is 326 g/mol. The number of hydrazone groups is 1. The Kier molecular flexibility index (Phi) is 4.20. The van der Waals surface area contributed by atoms with Gasteiger partial charge in [-0.25, -0.2) is 0 Å². The minimum Gasteiger partial charge on any atom is -0.271 e.